The van der Waals surface area contributed by atoms with Gasteiger partial charge in [0.25, 0.3) is 0 Å². The van der Waals surface area contributed by atoms with Gasteiger partial charge in [0.05, 0.1) is 0 Å². The maximum atomic E-state index is 11.9. The van der Waals surface area contributed by atoms with E-state index < -0.39 is 24.3 Å². The van der Waals surface area contributed by atoms with E-state index in [4.69, 9.17) is 5.11 Å². The zero-order chi connectivity index (χ0) is 12.8. The summed E-state index contributed by atoms with van der Waals surface area (Å²) >= 11 is 0. The summed E-state index contributed by atoms with van der Waals surface area (Å²) in [5.74, 6) is -1.96. The Bertz CT molecular complexity index is 311. The molecule has 0 bridgehead atoms. The second-order valence-electron chi connectivity index (χ2n) is 4.25. The highest BCUT2D eigenvalue weighted by molar-refractivity contribution is 5.95. The van der Waals surface area contributed by atoms with Crippen molar-refractivity contribution in [1.29, 1.82) is 0 Å². The summed E-state index contributed by atoms with van der Waals surface area (Å²) in [5, 5.41) is 10.8. The average Bonchev–Trinajstić information content (AvgIpc) is 2.28. The normalized spacial score (nSPS) is 17.4. The van der Waals surface area contributed by atoms with Crippen LogP contribution in [0.5, 0.6) is 0 Å². The van der Waals surface area contributed by atoms with Crippen LogP contribution in [0.3, 0.4) is 0 Å². The van der Waals surface area contributed by atoms with E-state index in [0.717, 1.165) is 32.4 Å². The highest BCUT2D eigenvalue weighted by atomic mass is 16.4. The molecule has 6 heteroatoms. The first-order valence-electron chi connectivity index (χ1n) is 5.80. The number of hydrogen-bond acceptors (Lipinski definition) is 3. The number of piperidine rings is 1. The molecule has 1 atom stereocenters. The molecular formula is C11H18N2O4. The van der Waals surface area contributed by atoms with Crippen LogP contribution in [-0.2, 0) is 14.4 Å². The van der Waals surface area contributed by atoms with Crippen LogP contribution in [0.15, 0.2) is 0 Å². The van der Waals surface area contributed by atoms with Crippen LogP contribution in [0.4, 0.5) is 0 Å². The molecule has 0 aromatic carbocycles. The predicted molar refractivity (Wildman–Crippen MR) is 60.3 cm³/mol. The highest BCUT2D eigenvalue weighted by Gasteiger charge is 2.23. The third-order valence-electron chi connectivity index (χ3n) is 2.73. The van der Waals surface area contributed by atoms with E-state index in [1.165, 1.54) is 0 Å². The third kappa shape index (κ3) is 4.42. The summed E-state index contributed by atoms with van der Waals surface area (Å²) in [5.41, 5.74) is 0. The minimum atomic E-state index is -1.19. The van der Waals surface area contributed by atoms with E-state index in [1.807, 2.05) is 0 Å². The van der Waals surface area contributed by atoms with E-state index in [-0.39, 0.29) is 5.91 Å². The number of carboxylic acid groups (broad SMARTS) is 1. The molecule has 1 saturated heterocycles. The van der Waals surface area contributed by atoms with Crippen molar-refractivity contribution in [1.82, 2.24) is 10.2 Å². The van der Waals surface area contributed by atoms with E-state index in [0.29, 0.717) is 0 Å². The van der Waals surface area contributed by atoms with Crippen molar-refractivity contribution in [3.63, 3.8) is 0 Å². The smallest absolute Gasteiger partial charge is 0.312 e. The number of amides is 2. The molecule has 6 nitrogen and oxygen atoms in total. The van der Waals surface area contributed by atoms with Crippen molar-refractivity contribution in [2.24, 2.45) is 0 Å². The van der Waals surface area contributed by atoms with Crippen molar-refractivity contribution in [3.8, 4) is 0 Å². The van der Waals surface area contributed by atoms with Crippen LogP contribution in [0.1, 0.15) is 32.6 Å². The number of aliphatic carboxylic acids is 1. The second-order valence-corrected chi connectivity index (χ2v) is 4.25. The molecule has 1 rings (SSSR count). The lowest BCUT2D eigenvalue weighted by molar-refractivity contribution is -0.143. The molecule has 17 heavy (non-hydrogen) atoms. The maximum absolute atomic E-state index is 11.9. The van der Waals surface area contributed by atoms with Gasteiger partial charge in [-0.25, -0.2) is 0 Å². The van der Waals surface area contributed by atoms with E-state index in [2.05, 4.69) is 5.32 Å². The molecule has 1 unspecified atom stereocenters. The largest absolute Gasteiger partial charge is 0.481 e. The Hall–Kier alpha value is -1.59. The molecule has 0 aliphatic carbocycles. The molecule has 0 aromatic rings. The van der Waals surface area contributed by atoms with Crippen molar-refractivity contribution in [2.45, 2.75) is 38.6 Å². The predicted octanol–water partition coefficient (Wildman–Crippen LogP) is -0.0217. The van der Waals surface area contributed by atoms with E-state index in [1.54, 1.807) is 11.8 Å². The molecule has 2 N–H and O–H groups in total. The van der Waals surface area contributed by atoms with Gasteiger partial charge in [-0.05, 0) is 26.2 Å². The van der Waals surface area contributed by atoms with Gasteiger partial charge < -0.3 is 15.3 Å². The fraction of sp³-hybridized carbons (Fsp3) is 0.727. The van der Waals surface area contributed by atoms with Gasteiger partial charge >= 0.3 is 5.97 Å². The third-order valence-corrected chi connectivity index (χ3v) is 2.73. The first-order chi connectivity index (χ1) is 8.00. The molecule has 0 spiro atoms. The SMILES string of the molecule is CC(NC(=O)CC(=O)O)C(=O)N1CCCCC1. The molecule has 1 heterocycles. The lowest BCUT2D eigenvalue weighted by Gasteiger charge is -2.29. The van der Waals surface area contributed by atoms with Gasteiger partial charge in [-0.3, -0.25) is 14.4 Å². The van der Waals surface area contributed by atoms with Crippen molar-refractivity contribution < 1.29 is 19.5 Å². The number of likely N-dealkylation sites (tertiary alicyclic amines) is 1. The number of carbonyl (C=O) groups is 3. The Kier molecular flexibility index (Phi) is 4.93. The maximum Gasteiger partial charge on any atom is 0.312 e. The van der Waals surface area contributed by atoms with Gasteiger partial charge in [-0.15, -0.1) is 0 Å². The number of rotatable bonds is 4. The summed E-state index contributed by atoms with van der Waals surface area (Å²) in [6.45, 7) is 3.02. The number of nitrogens with zero attached hydrogens (tertiary/aromatic N) is 1. The summed E-state index contributed by atoms with van der Waals surface area (Å²) in [4.78, 5) is 35.1. The number of nitrogens with one attached hydrogen (secondary N) is 1. The Morgan fingerprint density at radius 2 is 1.82 bits per heavy atom. The van der Waals surface area contributed by atoms with Gasteiger partial charge in [0, 0.05) is 13.1 Å². The van der Waals surface area contributed by atoms with Crippen molar-refractivity contribution in [2.75, 3.05) is 13.1 Å². The molecule has 1 aliphatic rings. The molecule has 1 aliphatic heterocycles. The number of carboxylic acids is 1. The van der Waals surface area contributed by atoms with Crippen LogP contribution in [0.2, 0.25) is 0 Å². The van der Waals surface area contributed by atoms with Gasteiger partial charge in [0.1, 0.15) is 12.5 Å². The molecule has 0 aromatic heterocycles. The Morgan fingerprint density at radius 3 is 2.35 bits per heavy atom. The summed E-state index contributed by atoms with van der Waals surface area (Å²) in [6, 6.07) is -0.653. The summed E-state index contributed by atoms with van der Waals surface area (Å²) in [7, 11) is 0. The van der Waals surface area contributed by atoms with Gasteiger partial charge in [0.2, 0.25) is 11.8 Å². The topological polar surface area (TPSA) is 86.7 Å². The van der Waals surface area contributed by atoms with Crippen molar-refractivity contribution >= 4 is 17.8 Å². The number of hydrogen-bond donors (Lipinski definition) is 2. The molecule has 96 valence electrons. The van der Waals surface area contributed by atoms with Gasteiger partial charge in [0.15, 0.2) is 0 Å². The first kappa shape index (κ1) is 13.5. The average molecular weight is 242 g/mol. The van der Waals surface area contributed by atoms with Crippen LogP contribution in [0.25, 0.3) is 0 Å². The first-order valence-corrected chi connectivity index (χ1v) is 5.80. The highest BCUT2D eigenvalue weighted by Crippen LogP contribution is 2.09. The zero-order valence-corrected chi connectivity index (χ0v) is 9.94. The van der Waals surface area contributed by atoms with Crippen LogP contribution >= 0.6 is 0 Å². The summed E-state index contributed by atoms with van der Waals surface area (Å²) in [6.07, 6.45) is 2.50. The molecule has 0 radical (unpaired) electrons. The Labute approximate surface area is 100.0 Å². The van der Waals surface area contributed by atoms with Crippen LogP contribution in [0, 0.1) is 0 Å². The quantitative estimate of drug-likeness (QED) is 0.678. The Balaban J connectivity index is 2.40. The molecule has 0 saturated carbocycles. The Morgan fingerprint density at radius 1 is 1.24 bits per heavy atom. The standard InChI is InChI=1S/C11H18N2O4/c1-8(12-9(14)7-10(15)16)11(17)13-5-3-2-4-6-13/h8H,2-7H2,1H3,(H,12,14)(H,15,16). The zero-order valence-electron chi connectivity index (χ0n) is 9.94. The summed E-state index contributed by atoms with van der Waals surface area (Å²) < 4.78 is 0. The van der Waals surface area contributed by atoms with Crippen LogP contribution in [-0.4, -0.2) is 46.9 Å². The van der Waals surface area contributed by atoms with Crippen molar-refractivity contribution in [3.05, 3.63) is 0 Å². The lowest BCUT2D eigenvalue weighted by Crippen LogP contribution is -2.48. The van der Waals surface area contributed by atoms with Crippen LogP contribution < -0.4 is 5.32 Å². The fourth-order valence-corrected chi connectivity index (χ4v) is 1.88. The second kappa shape index (κ2) is 6.22. The number of carbonyl (C=O) groups excluding carboxylic acids is 2. The molecular weight excluding hydrogens is 224 g/mol. The molecule has 1 fully saturated rings. The lowest BCUT2D eigenvalue weighted by atomic mass is 10.1. The minimum absolute atomic E-state index is 0.136. The van der Waals surface area contributed by atoms with E-state index in [9.17, 15) is 14.4 Å². The van der Waals surface area contributed by atoms with Gasteiger partial charge in [-0.2, -0.15) is 0 Å². The molecule has 2 amide bonds. The van der Waals surface area contributed by atoms with E-state index >= 15 is 0 Å². The fourth-order valence-electron chi connectivity index (χ4n) is 1.88. The van der Waals surface area contributed by atoms with Gasteiger partial charge in [-0.1, -0.05) is 0 Å². The monoisotopic (exact) mass is 242 g/mol. The minimum Gasteiger partial charge on any atom is -0.481 e.